The Morgan fingerprint density at radius 2 is 1.90 bits per heavy atom. The molecule has 0 amide bonds. The molecule has 0 aromatic heterocycles. The van der Waals surface area contributed by atoms with Gasteiger partial charge in [0, 0.05) is 5.56 Å². The number of methoxy groups -OCH3 is 1. The molecule has 5 heteroatoms. The summed E-state index contributed by atoms with van der Waals surface area (Å²) in [5.41, 5.74) is 1.72. The Bertz CT molecular complexity index is 536. The number of esters is 1. The number of thioether (sulfide) groups is 2. The summed E-state index contributed by atoms with van der Waals surface area (Å²) in [7, 11) is 1.34. The minimum Gasteiger partial charge on any atom is -0.468 e. The molecule has 0 saturated carbocycles. The minimum absolute atomic E-state index is 0.110. The average molecular weight is 324 g/mol. The second-order valence-corrected chi connectivity index (χ2v) is 8.19. The molecule has 0 aliphatic heterocycles. The van der Waals surface area contributed by atoms with Crippen molar-refractivity contribution in [3.8, 4) is 0 Å². The number of fused-ring (bicyclic) bond motifs is 1. The second-order valence-electron chi connectivity index (χ2n) is 4.81. The fourth-order valence-corrected chi connectivity index (χ4v) is 6.01. The van der Waals surface area contributed by atoms with E-state index in [0.29, 0.717) is 12.0 Å². The smallest absolute Gasteiger partial charge is 0.316 e. The number of Topliss-reactive ketones (excluding diaryl/α,β-unsaturated/α-hetero) is 1. The summed E-state index contributed by atoms with van der Waals surface area (Å²) in [6.07, 6.45) is 0.506. The highest BCUT2D eigenvalue weighted by atomic mass is 32.2. The second kappa shape index (κ2) is 6.88. The summed E-state index contributed by atoms with van der Waals surface area (Å²) in [5.74, 6) is 0.643. The molecule has 0 radical (unpaired) electrons. The van der Waals surface area contributed by atoms with Gasteiger partial charge in [0.15, 0.2) is 5.78 Å². The number of hydrogen-bond acceptors (Lipinski definition) is 5. The van der Waals surface area contributed by atoms with Crippen molar-refractivity contribution < 1.29 is 14.3 Å². The fraction of sp³-hybridized carbons (Fsp3) is 0.500. The maximum Gasteiger partial charge on any atom is 0.316 e. The molecular weight excluding hydrogens is 304 g/mol. The predicted octanol–water partition coefficient (Wildman–Crippen LogP) is 3.72. The highest BCUT2D eigenvalue weighted by Crippen LogP contribution is 2.55. The van der Waals surface area contributed by atoms with Gasteiger partial charge in [-0.3, -0.25) is 9.59 Å². The van der Waals surface area contributed by atoms with E-state index in [-0.39, 0.29) is 9.86 Å². The number of ketones is 1. The molecule has 0 saturated heterocycles. The Morgan fingerprint density at radius 3 is 2.48 bits per heavy atom. The standard InChI is InChI=1S/C16H20O3S2/c1-4-20-16(21-5-2)10-12(15(18)19-3)14(17)11-8-6-7-9-13(11)16/h6-9,12H,4-5,10H2,1-3H3. The maximum atomic E-state index is 12.6. The first-order valence-corrected chi connectivity index (χ1v) is 9.06. The molecule has 0 N–H and O–H groups in total. The Kier molecular flexibility index (Phi) is 5.38. The molecule has 0 heterocycles. The van der Waals surface area contributed by atoms with E-state index in [2.05, 4.69) is 13.8 Å². The molecule has 1 unspecified atom stereocenters. The van der Waals surface area contributed by atoms with Gasteiger partial charge in [-0.25, -0.2) is 0 Å². The van der Waals surface area contributed by atoms with Crippen LogP contribution in [0.1, 0.15) is 36.2 Å². The van der Waals surface area contributed by atoms with Crippen molar-refractivity contribution in [3.05, 3.63) is 35.4 Å². The third kappa shape index (κ3) is 2.99. The lowest BCUT2D eigenvalue weighted by Crippen LogP contribution is -2.39. The Hall–Kier alpha value is -0.940. The van der Waals surface area contributed by atoms with E-state index in [1.54, 1.807) is 23.5 Å². The van der Waals surface area contributed by atoms with Crippen molar-refractivity contribution >= 4 is 35.3 Å². The van der Waals surface area contributed by atoms with Gasteiger partial charge in [0.1, 0.15) is 5.92 Å². The lowest BCUT2D eigenvalue weighted by molar-refractivity contribution is -0.144. The predicted molar refractivity (Wildman–Crippen MR) is 88.8 cm³/mol. The Balaban J connectivity index is 2.56. The Labute approximate surface area is 134 Å². The van der Waals surface area contributed by atoms with Crippen LogP contribution in [-0.2, 0) is 13.6 Å². The number of hydrogen-bond donors (Lipinski definition) is 0. The number of benzene rings is 1. The van der Waals surface area contributed by atoms with Gasteiger partial charge >= 0.3 is 5.97 Å². The highest BCUT2D eigenvalue weighted by Gasteiger charge is 2.47. The van der Waals surface area contributed by atoms with Crippen LogP contribution in [0.25, 0.3) is 0 Å². The van der Waals surface area contributed by atoms with Crippen LogP contribution < -0.4 is 0 Å². The molecule has 1 aliphatic rings. The zero-order valence-corrected chi connectivity index (χ0v) is 14.2. The van der Waals surface area contributed by atoms with Crippen molar-refractivity contribution in [2.75, 3.05) is 18.6 Å². The lowest BCUT2D eigenvalue weighted by atomic mass is 9.82. The van der Waals surface area contributed by atoms with Gasteiger partial charge in [-0.1, -0.05) is 38.1 Å². The maximum absolute atomic E-state index is 12.6. The molecule has 0 spiro atoms. The first kappa shape index (κ1) is 16.4. The van der Waals surface area contributed by atoms with E-state index in [4.69, 9.17) is 4.74 Å². The normalized spacial score (nSPS) is 20.0. The van der Waals surface area contributed by atoms with Crippen LogP contribution in [0.2, 0.25) is 0 Å². The third-order valence-corrected chi connectivity index (χ3v) is 6.62. The van der Waals surface area contributed by atoms with Crippen molar-refractivity contribution in [3.63, 3.8) is 0 Å². The van der Waals surface area contributed by atoms with Crippen molar-refractivity contribution in [1.29, 1.82) is 0 Å². The van der Waals surface area contributed by atoms with Crippen molar-refractivity contribution in [1.82, 2.24) is 0 Å². The van der Waals surface area contributed by atoms with E-state index in [9.17, 15) is 9.59 Å². The van der Waals surface area contributed by atoms with Crippen LogP contribution in [0.15, 0.2) is 24.3 Å². The van der Waals surface area contributed by atoms with E-state index >= 15 is 0 Å². The summed E-state index contributed by atoms with van der Waals surface area (Å²) < 4.78 is 4.60. The van der Waals surface area contributed by atoms with Crippen LogP contribution in [0.3, 0.4) is 0 Å². The van der Waals surface area contributed by atoms with Gasteiger partial charge in [0.2, 0.25) is 0 Å². The fourth-order valence-electron chi connectivity index (χ4n) is 2.80. The van der Waals surface area contributed by atoms with Gasteiger partial charge in [0.05, 0.1) is 11.2 Å². The van der Waals surface area contributed by atoms with Gasteiger partial charge in [-0.15, -0.1) is 23.5 Å². The topological polar surface area (TPSA) is 43.4 Å². The summed E-state index contributed by atoms with van der Waals surface area (Å²) >= 11 is 3.61. The molecule has 0 fully saturated rings. The molecule has 21 heavy (non-hydrogen) atoms. The molecule has 3 nitrogen and oxygen atoms in total. The largest absolute Gasteiger partial charge is 0.468 e. The van der Waals surface area contributed by atoms with E-state index < -0.39 is 11.9 Å². The lowest BCUT2D eigenvalue weighted by Gasteiger charge is -2.39. The van der Waals surface area contributed by atoms with Gasteiger partial charge < -0.3 is 4.74 Å². The number of ether oxygens (including phenoxy) is 1. The monoisotopic (exact) mass is 324 g/mol. The summed E-state index contributed by atoms with van der Waals surface area (Å²) in [6, 6.07) is 7.67. The quantitative estimate of drug-likeness (QED) is 0.469. The summed E-state index contributed by atoms with van der Waals surface area (Å²) in [4.78, 5) is 24.6. The van der Waals surface area contributed by atoms with Gasteiger partial charge in [-0.2, -0.15) is 0 Å². The first-order chi connectivity index (χ1) is 10.1. The van der Waals surface area contributed by atoms with Crippen molar-refractivity contribution in [2.45, 2.75) is 24.3 Å². The van der Waals surface area contributed by atoms with Gasteiger partial charge in [-0.05, 0) is 23.5 Å². The van der Waals surface area contributed by atoms with Crippen LogP contribution in [0, 0.1) is 5.92 Å². The number of rotatable bonds is 5. The SMILES string of the molecule is CCSC1(SCC)CC(C(=O)OC)C(=O)c2ccccc21. The molecule has 1 atom stereocenters. The van der Waals surface area contributed by atoms with Gasteiger partial charge in [0.25, 0.3) is 0 Å². The molecule has 114 valence electrons. The highest BCUT2D eigenvalue weighted by molar-refractivity contribution is 8.17. The van der Waals surface area contributed by atoms with Crippen molar-refractivity contribution in [2.24, 2.45) is 5.92 Å². The average Bonchev–Trinajstić information content (AvgIpc) is 2.51. The number of carbonyl (C=O) groups is 2. The van der Waals surface area contributed by atoms with Crippen LogP contribution >= 0.6 is 23.5 Å². The zero-order chi connectivity index (χ0) is 15.5. The van der Waals surface area contributed by atoms with Crippen LogP contribution in [0.5, 0.6) is 0 Å². The first-order valence-electron chi connectivity index (χ1n) is 7.09. The summed E-state index contributed by atoms with van der Waals surface area (Å²) in [5, 5.41) is 0. The molecule has 2 rings (SSSR count). The third-order valence-electron chi connectivity index (χ3n) is 3.63. The molecule has 0 bridgehead atoms. The summed E-state index contributed by atoms with van der Waals surface area (Å²) in [6.45, 7) is 4.21. The van der Waals surface area contributed by atoms with E-state index in [0.717, 1.165) is 17.1 Å². The molecule has 1 aliphatic carbocycles. The van der Waals surface area contributed by atoms with Crippen LogP contribution in [-0.4, -0.2) is 30.4 Å². The minimum atomic E-state index is -0.692. The van der Waals surface area contributed by atoms with E-state index in [1.807, 2.05) is 24.3 Å². The molecule has 1 aromatic rings. The molecule has 1 aromatic carbocycles. The zero-order valence-electron chi connectivity index (χ0n) is 12.5. The Morgan fingerprint density at radius 1 is 1.29 bits per heavy atom. The molecular formula is C16H20O3S2. The van der Waals surface area contributed by atoms with E-state index in [1.165, 1.54) is 7.11 Å². The van der Waals surface area contributed by atoms with Crippen LogP contribution in [0.4, 0.5) is 0 Å². The number of carbonyl (C=O) groups excluding carboxylic acids is 2.